The Morgan fingerprint density at radius 1 is 1.38 bits per heavy atom. The maximum Gasteiger partial charge on any atom is 0.404 e. The number of halogens is 3. The van der Waals surface area contributed by atoms with Gasteiger partial charge in [0.25, 0.3) is 0 Å². The van der Waals surface area contributed by atoms with Crippen LogP contribution in [0.4, 0.5) is 13.2 Å². The molecule has 1 amide bonds. The van der Waals surface area contributed by atoms with Crippen LogP contribution in [0.1, 0.15) is 50.8 Å². The Kier molecular flexibility index (Phi) is 5.84. The van der Waals surface area contributed by atoms with Crippen molar-refractivity contribution in [3.8, 4) is 0 Å². The molecule has 0 spiro atoms. The van der Waals surface area contributed by atoms with E-state index in [0.29, 0.717) is 24.6 Å². The minimum Gasteiger partial charge on any atom is -0.425 e. The highest BCUT2D eigenvalue weighted by Crippen LogP contribution is 2.30. The van der Waals surface area contributed by atoms with Gasteiger partial charge in [-0.25, -0.2) is 0 Å². The Hall–Kier alpha value is -1.64. The number of alkyl halides is 3. The molecule has 1 aliphatic rings. The standard InChI is InChI=1S/C15H23F3N4O2/c1-9(2)14-21-20-13(24-14)7-6-12(23)19-10-4-5-11(15(16,17)18)22(3)8-10/h9-11H,4-8H2,1-3H3,(H,19,23)/t10-,11+/m1/s1. The van der Waals surface area contributed by atoms with Gasteiger partial charge < -0.3 is 9.73 Å². The molecule has 0 aliphatic carbocycles. The lowest BCUT2D eigenvalue weighted by Gasteiger charge is -2.38. The average Bonchev–Trinajstić information content (AvgIpc) is 2.93. The van der Waals surface area contributed by atoms with Gasteiger partial charge in [-0.05, 0) is 19.9 Å². The molecule has 2 atom stereocenters. The predicted molar refractivity (Wildman–Crippen MR) is 80.3 cm³/mol. The molecular weight excluding hydrogens is 325 g/mol. The number of carbonyl (C=O) groups excluding carboxylic acids is 1. The first-order valence-corrected chi connectivity index (χ1v) is 8.05. The molecule has 1 N–H and O–H groups in total. The Labute approximate surface area is 138 Å². The molecule has 2 heterocycles. The van der Waals surface area contributed by atoms with Crippen LogP contribution in [0.15, 0.2) is 4.42 Å². The van der Waals surface area contributed by atoms with Crippen molar-refractivity contribution in [2.24, 2.45) is 0 Å². The Morgan fingerprint density at radius 3 is 2.62 bits per heavy atom. The third-order valence-corrected chi connectivity index (χ3v) is 4.11. The van der Waals surface area contributed by atoms with E-state index in [-0.39, 0.29) is 37.3 Å². The lowest BCUT2D eigenvalue weighted by Crippen LogP contribution is -2.54. The van der Waals surface area contributed by atoms with Gasteiger partial charge in [0, 0.05) is 31.3 Å². The minimum absolute atomic E-state index is 0.00758. The second-order valence-corrected chi connectivity index (χ2v) is 6.53. The molecule has 24 heavy (non-hydrogen) atoms. The van der Waals surface area contributed by atoms with Gasteiger partial charge in [-0.15, -0.1) is 10.2 Å². The monoisotopic (exact) mass is 348 g/mol. The molecule has 1 fully saturated rings. The van der Waals surface area contributed by atoms with Gasteiger partial charge in [0.1, 0.15) is 6.04 Å². The number of likely N-dealkylation sites (N-methyl/N-ethyl adjacent to an activating group) is 1. The van der Waals surface area contributed by atoms with Gasteiger partial charge in [0.2, 0.25) is 17.7 Å². The Bertz CT molecular complexity index is 559. The second kappa shape index (κ2) is 7.50. The molecule has 0 saturated carbocycles. The summed E-state index contributed by atoms with van der Waals surface area (Å²) in [5.74, 6) is 0.826. The van der Waals surface area contributed by atoms with Crippen LogP contribution in [0.25, 0.3) is 0 Å². The molecule has 1 aromatic rings. The van der Waals surface area contributed by atoms with Gasteiger partial charge >= 0.3 is 6.18 Å². The van der Waals surface area contributed by atoms with Crippen LogP contribution in [0.3, 0.4) is 0 Å². The zero-order valence-corrected chi connectivity index (χ0v) is 14.1. The summed E-state index contributed by atoms with van der Waals surface area (Å²) in [6.45, 7) is 4.05. The summed E-state index contributed by atoms with van der Waals surface area (Å²) >= 11 is 0. The van der Waals surface area contributed by atoms with Crippen molar-refractivity contribution in [3.05, 3.63) is 11.8 Å². The van der Waals surface area contributed by atoms with Gasteiger partial charge in [0.15, 0.2) is 0 Å². The number of amides is 1. The highest BCUT2D eigenvalue weighted by molar-refractivity contribution is 5.76. The first-order valence-electron chi connectivity index (χ1n) is 8.05. The predicted octanol–water partition coefficient (Wildman–Crippen LogP) is 2.27. The molecule has 0 unspecified atom stereocenters. The third kappa shape index (κ3) is 4.93. The molecule has 136 valence electrons. The normalized spacial score (nSPS) is 22.8. The zero-order chi connectivity index (χ0) is 17.9. The highest BCUT2D eigenvalue weighted by atomic mass is 19.4. The molecule has 6 nitrogen and oxygen atoms in total. The third-order valence-electron chi connectivity index (χ3n) is 4.11. The number of aryl methyl sites for hydroxylation is 1. The zero-order valence-electron chi connectivity index (χ0n) is 14.1. The van der Waals surface area contributed by atoms with Crippen molar-refractivity contribution in [1.82, 2.24) is 20.4 Å². The fourth-order valence-electron chi connectivity index (χ4n) is 2.80. The van der Waals surface area contributed by atoms with Crippen molar-refractivity contribution in [1.29, 1.82) is 0 Å². The van der Waals surface area contributed by atoms with Crippen LogP contribution in [0.5, 0.6) is 0 Å². The number of nitrogens with one attached hydrogen (secondary N) is 1. The van der Waals surface area contributed by atoms with Gasteiger partial charge in [0.05, 0.1) is 0 Å². The SMILES string of the molecule is CC(C)c1nnc(CCC(=O)N[C@@H]2CC[C@@H](C(F)(F)F)N(C)C2)o1. The summed E-state index contributed by atoms with van der Waals surface area (Å²) in [6.07, 6.45) is -3.43. The first kappa shape index (κ1) is 18.7. The van der Waals surface area contributed by atoms with Gasteiger partial charge in [-0.2, -0.15) is 13.2 Å². The number of likely N-dealkylation sites (tertiary alicyclic amines) is 1. The van der Waals surface area contributed by atoms with Crippen molar-refractivity contribution >= 4 is 5.91 Å². The smallest absolute Gasteiger partial charge is 0.404 e. The summed E-state index contributed by atoms with van der Waals surface area (Å²) in [6, 6.07) is -1.70. The lowest BCUT2D eigenvalue weighted by molar-refractivity contribution is -0.188. The fourth-order valence-corrected chi connectivity index (χ4v) is 2.80. The van der Waals surface area contributed by atoms with Crippen molar-refractivity contribution in [2.75, 3.05) is 13.6 Å². The number of hydrogen-bond donors (Lipinski definition) is 1. The summed E-state index contributed by atoms with van der Waals surface area (Å²) in [5.41, 5.74) is 0. The van der Waals surface area contributed by atoms with E-state index in [1.54, 1.807) is 0 Å². The Balaban J connectivity index is 1.77. The molecule has 1 aliphatic heterocycles. The van der Waals surface area contributed by atoms with E-state index in [9.17, 15) is 18.0 Å². The maximum absolute atomic E-state index is 12.8. The van der Waals surface area contributed by atoms with E-state index in [0.717, 1.165) is 0 Å². The average molecular weight is 348 g/mol. The van der Waals surface area contributed by atoms with Crippen LogP contribution in [0, 0.1) is 0 Å². The van der Waals surface area contributed by atoms with Crippen molar-refractivity contribution < 1.29 is 22.4 Å². The van der Waals surface area contributed by atoms with E-state index in [1.807, 2.05) is 13.8 Å². The second-order valence-electron chi connectivity index (χ2n) is 6.53. The molecule has 0 bridgehead atoms. The van der Waals surface area contributed by atoms with Crippen LogP contribution < -0.4 is 5.32 Å². The van der Waals surface area contributed by atoms with Gasteiger partial charge in [-0.1, -0.05) is 13.8 Å². The number of aromatic nitrogens is 2. The minimum atomic E-state index is -4.23. The summed E-state index contributed by atoms with van der Waals surface area (Å²) in [4.78, 5) is 13.2. The van der Waals surface area contributed by atoms with Crippen LogP contribution in [0.2, 0.25) is 0 Å². The number of rotatable bonds is 5. The number of piperidine rings is 1. The van der Waals surface area contributed by atoms with Crippen LogP contribution in [-0.4, -0.2) is 52.9 Å². The van der Waals surface area contributed by atoms with Gasteiger partial charge in [-0.3, -0.25) is 9.69 Å². The summed E-state index contributed by atoms with van der Waals surface area (Å²) in [5, 5.41) is 10.5. The molecule has 1 aromatic heterocycles. The van der Waals surface area contributed by atoms with E-state index in [1.165, 1.54) is 11.9 Å². The van der Waals surface area contributed by atoms with Crippen LogP contribution in [-0.2, 0) is 11.2 Å². The van der Waals surface area contributed by atoms with E-state index in [4.69, 9.17) is 4.42 Å². The van der Waals surface area contributed by atoms with Crippen molar-refractivity contribution in [2.45, 2.75) is 63.7 Å². The molecular formula is C15H23F3N4O2. The van der Waals surface area contributed by atoms with Crippen LogP contribution >= 0.6 is 0 Å². The van der Waals surface area contributed by atoms with Crippen molar-refractivity contribution in [3.63, 3.8) is 0 Å². The van der Waals surface area contributed by atoms with E-state index < -0.39 is 12.2 Å². The van der Waals surface area contributed by atoms with E-state index in [2.05, 4.69) is 15.5 Å². The molecule has 1 saturated heterocycles. The lowest BCUT2D eigenvalue weighted by atomic mass is 9.98. The molecule has 0 radical (unpaired) electrons. The highest BCUT2D eigenvalue weighted by Gasteiger charge is 2.44. The van der Waals surface area contributed by atoms with E-state index >= 15 is 0 Å². The Morgan fingerprint density at radius 2 is 2.08 bits per heavy atom. The molecule has 0 aromatic carbocycles. The topological polar surface area (TPSA) is 71.3 Å². The summed E-state index contributed by atoms with van der Waals surface area (Å²) in [7, 11) is 1.43. The number of hydrogen-bond acceptors (Lipinski definition) is 5. The molecule has 2 rings (SSSR count). The quantitative estimate of drug-likeness (QED) is 0.884. The maximum atomic E-state index is 12.8. The largest absolute Gasteiger partial charge is 0.425 e. The number of nitrogens with zero attached hydrogens (tertiary/aromatic N) is 3. The first-order chi connectivity index (χ1) is 11.2. The fraction of sp³-hybridized carbons (Fsp3) is 0.800. The number of carbonyl (C=O) groups is 1. The summed E-state index contributed by atoms with van der Waals surface area (Å²) < 4.78 is 43.8. The molecule has 9 heteroatoms.